The maximum Gasteiger partial charge on any atom is 0.321 e. The van der Waals surface area contributed by atoms with Crippen LogP contribution in [-0.4, -0.2) is 35.2 Å². The first-order valence-electron chi connectivity index (χ1n) is 7.42. The normalized spacial score (nSPS) is 27.9. The topological polar surface area (TPSA) is 52.6 Å². The van der Waals surface area contributed by atoms with Crippen LogP contribution < -0.4 is 5.32 Å². The third-order valence-corrected chi connectivity index (χ3v) is 4.79. The van der Waals surface area contributed by atoms with Crippen LogP contribution >= 0.6 is 0 Å². The first-order valence-corrected chi connectivity index (χ1v) is 7.42. The number of anilines is 1. The van der Waals surface area contributed by atoms with E-state index in [-0.39, 0.29) is 12.1 Å². The van der Waals surface area contributed by atoms with Gasteiger partial charge in [0, 0.05) is 24.7 Å². The average molecular weight is 274 g/mol. The molecule has 108 valence electrons. The van der Waals surface area contributed by atoms with E-state index in [0.29, 0.717) is 18.4 Å². The van der Waals surface area contributed by atoms with E-state index in [1.165, 1.54) is 5.56 Å². The van der Waals surface area contributed by atoms with Crippen molar-refractivity contribution in [3.63, 3.8) is 0 Å². The molecule has 4 nitrogen and oxygen atoms in total. The van der Waals surface area contributed by atoms with Crippen molar-refractivity contribution < 1.29 is 9.90 Å². The molecule has 0 aromatic heterocycles. The minimum atomic E-state index is -0.206. The summed E-state index contributed by atoms with van der Waals surface area (Å²) < 4.78 is 0. The number of aryl methyl sites for hydroxylation is 2. The van der Waals surface area contributed by atoms with E-state index in [9.17, 15) is 9.90 Å². The lowest BCUT2D eigenvalue weighted by molar-refractivity contribution is -0.00421. The van der Waals surface area contributed by atoms with Gasteiger partial charge in [-0.15, -0.1) is 0 Å². The Labute approximate surface area is 119 Å². The van der Waals surface area contributed by atoms with Gasteiger partial charge < -0.3 is 15.3 Å². The summed E-state index contributed by atoms with van der Waals surface area (Å²) in [4.78, 5) is 14.2. The molecule has 20 heavy (non-hydrogen) atoms. The fraction of sp³-hybridized carbons (Fsp3) is 0.562. The number of nitrogens with zero attached hydrogens (tertiary/aromatic N) is 1. The number of nitrogens with one attached hydrogen (secondary N) is 1. The van der Waals surface area contributed by atoms with Gasteiger partial charge in [0.1, 0.15) is 0 Å². The zero-order valence-electron chi connectivity index (χ0n) is 12.1. The first-order chi connectivity index (χ1) is 9.60. The van der Waals surface area contributed by atoms with Crippen molar-refractivity contribution in [1.29, 1.82) is 0 Å². The third kappa shape index (κ3) is 2.18. The van der Waals surface area contributed by atoms with E-state index in [1.807, 2.05) is 24.0 Å². The van der Waals surface area contributed by atoms with Crippen LogP contribution in [0.4, 0.5) is 10.5 Å². The molecule has 3 rings (SSSR count). The zero-order chi connectivity index (χ0) is 14.3. The monoisotopic (exact) mass is 274 g/mol. The molecule has 1 saturated heterocycles. The Morgan fingerprint density at radius 3 is 2.90 bits per heavy atom. The first kappa shape index (κ1) is 13.4. The van der Waals surface area contributed by atoms with Crippen LogP contribution in [0.25, 0.3) is 0 Å². The molecule has 0 spiro atoms. The van der Waals surface area contributed by atoms with Gasteiger partial charge in [0.05, 0.1) is 6.10 Å². The molecule has 1 aliphatic heterocycles. The molecule has 0 radical (unpaired) electrons. The second-order valence-corrected chi connectivity index (χ2v) is 6.02. The number of carbonyl (C=O) groups excluding carboxylic acids is 1. The van der Waals surface area contributed by atoms with Crippen molar-refractivity contribution in [1.82, 2.24) is 4.90 Å². The number of benzene rings is 1. The number of amides is 2. The standard InChI is InChI=1S/C16H22N2O2/c1-3-11-6-4-5-10(2)15(11)17-16(20)18-8-12-7-14(19)13(12)9-18/h4-6,12-14,19H,3,7-9H2,1-2H3,(H,17,20)/t12-,13+,14+/m1/s1. The Kier molecular flexibility index (Phi) is 3.42. The summed E-state index contributed by atoms with van der Waals surface area (Å²) in [6, 6.07) is 6.07. The highest BCUT2D eigenvalue weighted by molar-refractivity contribution is 5.91. The molecular formula is C16H22N2O2. The Balaban J connectivity index is 1.71. The second-order valence-electron chi connectivity index (χ2n) is 6.02. The van der Waals surface area contributed by atoms with Gasteiger partial charge in [0.25, 0.3) is 0 Å². The molecule has 1 heterocycles. The molecule has 2 amide bonds. The van der Waals surface area contributed by atoms with Gasteiger partial charge in [-0.05, 0) is 36.8 Å². The summed E-state index contributed by atoms with van der Waals surface area (Å²) in [6.45, 7) is 5.58. The number of aliphatic hydroxyl groups excluding tert-OH is 1. The van der Waals surface area contributed by atoms with E-state index in [0.717, 1.165) is 30.6 Å². The average Bonchev–Trinajstić information content (AvgIpc) is 2.78. The second kappa shape index (κ2) is 5.09. The smallest absolute Gasteiger partial charge is 0.321 e. The van der Waals surface area contributed by atoms with Crippen molar-refractivity contribution in [3.05, 3.63) is 29.3 Å². The fourth-order valence-corrected chi connectivity index (χ4v) is 3.42. The van der Waals surface area contributed by atoms with Crippen LogP contribution in [0.5, 0.6) is 0 Å². The van der Waals surface area contributed by atoms with E-state index in [1.54, 1.807) is 0 Å². The predicted molar refractivity (Wildman–Crippen MR) is 78.8 cm³/mol. The van der Waals surface area contributed by atoms with Crippen LogP contribution in [0.3, 0.4) is 0 Å². The van der Waals surface area contributed by atoms with Crippen LogP contribution in [0.1, 0.15) is 24.5 Å². The van der Waals surface area contributed by atoms with Gasteiger partial charge >= 0.3 is 6.03 Å². The van der Waals surface area contributed by atoms with E-state index in [4.69, 9.17) is 0 Å². The molecule has 4 heteroatoms. The largest absolute Gasteiger partial charge is 0.393 e. The number of rotatable bonds is 2. The van der Waals surface area contributed by atoms with Crippen molar-refractivity contribution in [2.24, 2.45) is 11.8 Å². The van der Waals surface area contributed by atoms with Gasteiger partial charge in [-0.25, -0.2) is 4.79 Å². The van der Waals surface area contributed by atoms with Gasteiger partial charge in [-0.3, -0.25) is 0 Å². The molecular weight excluding hydrogens is 252 g/mol. The molecule has 1 aliphatic carbocycles. The number of para-hydroxylation sites is 1. The predicted octanol–water partition coefficient (Wildman–Crippen LogP) is 2.40. The van der Waals surface area contributed by atoms with Crippen LogP contribution in [0.15, 0.2) is 18.2 Å². The molecule has 2 aliphatic rings. The number of hydrogen-bond acceptors (Lipinski definition) is 2. The van der Waals surface area contributed by atoms with Crippen molar-refractivity contribution in [2.75, 3.05) is 18.4 Å². The van der Waals surface area contributed by atoms with Gasteiger partial charge in [0.15, 0.2) is 0 Å². The van der Waals surface area contributed by atoms with E-state index in [2.05, 4.69) is 18.3 Å². The molecule has 0 bridgehead atoms. The summed E-state index contributed by atoms with van der Waals surface area (Å²) in [5.41, 5.74) is 3.21. The molecule has 0 unspecified atom stereocenters. The van der Waals surface area contributed by atoms with E-state index >= 15 is 0 Å². The Hall–Kier alpha value is -1.55. The quantitative estimate of drug-likeness (QED) is 0.870. The van der Waals surface area contributed by atoms with Gasteiger partial charge in [0.2, 0.25) is 0 Å². The zero-order valence-corrected chi connectivity index (χ0v) is 12.1. The SMILES string of the molecule is CCc1cccc(C)c1NC(=O)N1C[C@H]2C[C@H](O)[C@H]2C1. The minimum Gasteiger partial charge on any atom is -0.393 e. The van der Waals surface area contributed by atoms with Crippen molar-refractivity contribution in [3.8, 4) is 0 Å². The van der Waals surface area contributed by atoms with Crippen LogP contribution in [0, 0.1) is 18.8 Å². The summed E-state index contributed by atoms with van der Waals surface area (Å²) in [5, 5.41) is 12.7. The summed E-state index contributed by atoms with van der Waals surface area (Å²) >= 11 is 0. The highest BCUT2D eigenvalue weighted by Gasteiger charge is 2.47. The maximum absolute atomic E-state index is 12.4. The molecule has 1 aromatic carbocycles. The summed E-state index contributed by atoms with van der Waals surface area (Å²) in [6.07, 6.45) is 1.54. The molecule has 1 saturated carbocycles. The van der Waals surface area contributed by atoms with Gasteiger partial charge in [-0.1, -0.05) is 25.1 Å². The highest BCUT2D eigenvalue weighted by Crippen LogP contribution is 2.40. The Morgan fingerprint density at radius 2 is 2.25 bits per heavy atom. The van der Waals surface area contributed by atoms with Crippen LogP contribution in [-0.2, 0) is 6.42 Å². The Morgan fingerprint density at radius 1 is 1.45 bits per heavy atom. The molecule has 2 N–H and O–H groups in total. The van der Waals surface area contributed by atoms with Crippen molar-refractivity contribution in [2.45, 2.75) is 32.8 Å². The summed E-state index contributed by atoms with van der Waals surface area (Å²) in [5.74, 6) is 0.793. The number of aliphatic hydroxyl groups is 1. The molecule has 1 aromatic rings. The van der Waals surface area contributed by atoms with Crippen molar-refractivity contribution >= 4 is 11.7 Å². The number of fused-ring (bicyclic) bond motifs is 1. The summed E-state index contributed by atoms with van der Waals surface area (Å²) in [7, 11) is 0. The minimum absolute atomic E-state index is 0.0319. The lowest BCUT2D eigenvalue weighted by Crippen LogP contribution is -2.40. The van der Waals surface area contributed by atoms with E-state index < -0.39 is 0 Å². The van der Waals surface area contributed by atoms with Crippen LogP contribution in [0.2, 0.25) is 0 Å². The lowest BCUT2D eigenvalue weighted by Gasteiger charge is -2.34. The maximum atomic E-state index is 12.4. The van der Waals surface area contributed by atoms with Gasteiger partial charge in [-0.2, -0.15) is 0 Å². The Bertz CT molecular complexity index is 529. The number of carbonyl (C=O) groups is 1. The number of hydrogen-bond donors (Lipinski definition) is 2. The molecule has 3 atom stereocenters. The number of urea groups is 1. The molecule has 2 fully saturated rings. The third-order valence-electron chi connectivity index (χ3n) is 4.79. The highest BCUT2D eigenvalue weighted by atomic mass is 16.3. The number of likely N-dealkylation sites (tertiary alicyclic amines) is 1. The lowest BCUT2D eigenvalue weighted by atomic mass is 9.74. The fourth-order valence-electron chi connectivity index (χ4n) is 3.42.